The number of carbonyl (C=O) groups is 1. The molecule has 1 aliphatic heterocycles. The van der Waals surface area contributed by atoms with Crippen molar-refractivity contribution in [2.24, 2.45) is 5.92 Å². The van der Waals surface area contributed by atoms with E-state index in [0.29, 0.717) is 29.6 Å². The lowest BCUT2D eigenvalue weighted by molar-refractivity contribution is 0.102. The first-order valence-corrected chi connectivity index (χ1v) is 8.80. The van der Waals surface area contributed by atoms with Gasteiger partial charge in [0.15, 0.2) is 0 Å². The van der Waals surface area contributed by atoms with Gasteiger partial charge >= 0.3 is 0 Å². The number of anilines is 1. The van der Waals surface area contributed by atoms with Crippen molar-refractivity contribution in [1.29, 1.82) is 0 Å². The normalized spacial score (nSPS) is 16.9. The SMILES string of the molecule is COc1ccc(NC(=O)c2c(C)ccn(CC3CCCNC3)c2=O)cn1. The van der Waals surface area contributed by atoms with Crippen LogP contribution in [0.3, 0.4) is 0 Å². The Kier molecular flexibility index (Phi) is 5.68. The van der Waals surface area contributed by atoms with Crippen molar-refractivity contribution in [3.05, 3.63) is 52.1 Å². The van der Waals surface area contributed by atoms with Crippen molar-refractivity contribution >= 4 is 11.6 Å². The molecule has 1 aliphatic rings. The highest BCUT2D eigenvalue weighted by atomic mass is 16.5. The highest BCUT2D eigenvalue weighted by Crippen LogP contribution is 2.14. The van der Waals surface area contributed by atoms with Crippen LogP contribution in [-0.4, -0.2) is 35.7 Å². The number of piperidine rings is 1. The third-order valence-corrected chi connectivity index (χ3v) is 4.66. The Balaban J connectivity index is 1.80. The van der Waals surface area contributed by atoms with Gasteiger partial charge in [-0.1, -0.05) is 0 Å². The Morgan fingerprint density at radius 3 is 2.92 bits per heavy atom. The molecule has 2 aromatic rings. The van der Waals surface area contributed by atoms with Gasteiger partial charge in [0.1, 0.15) is 5.56 Å². The smallest absolute Gasteiger partial charge is 0.263 e. The lowest BCUT2D eigenvalue weighted by atomic mass is 9.99. The number of carbonyl (C=O) groups excluding carboxylic acids is 1. The van der Waals surface area contributed by atoms with Crippen LogP contribution in [0.15, 0.2) is 35.4 Å². The first-order chi connectivity index (χ1) is 12.6. The standard InChI is InChI=1S/C19H24N4O3/c1-13-7-9-23(12-14-4-3-8-20-10-14)19(25)17(13)18(24)22-15-5-6-16(26-2)21-11-15/h5-7,9,11,14,20H,3-4,8,10,12H2,1-2H3,(H,22,24). The van der Waals surface area contributed by atoms with E-state index in [1.165, 1.54) is 13.3 Å². The van der Waals surface area contributed by atoms with E-state index in [9.17, 15) is 9.59 Å². The van der Waals surface area contributed by atoms with Gasteiger partial charge in [-0.25, -0.2) is 4.98 Å². The molecule has 138 valence electrons. The summed E-state index contributed by atoms with van der Waals surface area (Å²) < 4.78 is 6.65. The van der Waals surface area contributed by atoms with E-state index in [2.05, 4.69) is 15.6 Å². The predicted octanol–water partition coefficient (Wildman–Crippen LogP) is 1.81. The van der Waals surface area contributed by atoms with Crippen molar-refractivity contribution < 1.29 is 9.53 Å². The molecule has 1 unspecified atom stereocenters. The van der Waals surface area contributed by atoms with Gasteiger partial charge in [0.05, 0.1) is 19.0 Å². The number of amides is 1. The zero-order valence-corrected chi connectivity index (χ0v) is 15.1. The largest absolute Gasteiger partial charge is 0.481 e. The Morgan fingerprint density at radius 2 is 2.27 bits per heavy atom. The summed E-state index contributed by atoms with van der Waals surface area (Å²) >= 11 is 0. The first-order valence-electron chi connectivity index (χ1n) is 8.80. The molecule has 0 saturated carbocycles. The van der Waals surface area contributed by atoms with Crippen LogP contribution in [-0.2, 0) is 6.54 Å². The fourth-order valence-corrected chi connectivity index (χ4v) is 3.21. The summed E-state index contributed by atoms with van der Waals surface area (Å²) in [7, 11) is 1.53. The average molecular weight is 356 g/mol. The molecule has 0 bridgehead atoms. The van der Waals surface area contributed by atoms with Crippen molar-refractivity contribution in [3.8, 4) is 5.88 Å². The van der Waals surface area contributed by atoms with Crippen LogP contribution >= 0.6 is 0 Å². The van der Waals surface area contributed by atoms with E-state index < -0.39 is 5.91 Å². The minimum Gasteiger partial charge on any atom is -0.481 e. The zero-order valence-electron chi connectivity index (χ0n) is 15.1. The summed E-state index contributed by atoms with van der Waals surface area (Å²) in [5.41, 5.74) is 1.09. The number of methoxy groups -OCH3 is 1. The number of hydrogen-bond donors (Lipinski definition) is 2. The maximum Gasteiger partial charge on any atom is 0.263 e. The van der Waals surface area contributed by atoms with Gasteiger partial charge in [0, 0.05) is 18.8 Å². The fourth-order valence-electron chi connectivity index (χ4n) is 3.21. The number of pyridine rings is 2. The third-order valence-electron chi connectivity index (χ3n) is 4.66. The Bertz CT molecular complexity index is 824. The molecule has 1 fully saturated rings. The van der Waals surface area contributed by atoms with Crippen molar-refractivity contribution in [3.63, 3.8) is 0 Å². The fraction of sp³-hybridized carbons (Fsp3) is 0.421. The van der Waals surface area contributed by atoms with E-state index in [1.54, 1.807) is 29.8 Å². The maximum atomic E-state index is 12.8. The molecule has 0 spiro atoms. The van der Waals surface area contributed by atoms with Crippen molar-refractivity contribution in [2.75, 3.05) is 25.5 Å². The number of hydrogen-bond acceptors (Lipinski definition) is 5. The molecular weight excluding hydrogens is 332 g/mol. The second kappa shape index (κ2) is 8.14. The minimum atomic E-state index is -0.421. The molecule has 7 nitrogen and oxygen atoms in total. The van der Waals surface area contributed by atoms with Crippen LogP contribution in [0.5, 0.6) is 5.88 Å². The van der Waals surface area contributed by atoms with Gasteiger partial charge in [-0.05, 0) is 56.5 Å². The molecule has 0 radical (unpaired) electrons. The van der Waals surface area contributed by atoms with Gasteiger partial charge in [-0.3, -0.25) is 9.59 Å². The lowest BCUT2D eigenvalue weighted by Gasteiger charge is -2.23. The highest BCUT2D eigenvalue weighted by Gasteiger charge is 2.19. The molecule has 0 aromatic carbocycles. The second-order valence-corrected chi connectivity index (χ2v) is 6.59. The molecule has 3 heterocycles. The molecule has 7 heteroatoms. The van der Waals surface area contributed by atoms with E-state index >= 15 is 0 Å². The van der Waals surface area contributed by atoms with Gasteiger partial charge in [-0.15, -0.1) is 0 Å². The summed E-state index contributed by atoms with van der Waals surface area (Å²) in [6.45, 7) is 4.33. The van der Waals surface area contributed by atoms with Gasteiger partial charge < -0.3 is 19.9 Å². The van der Waals surface area contributed by atoms with Gasteiger partial charge in [0.25, 0.3) is 11.5 Å². The number of ether oxygens (including phenoxy) is 1. The molecule has 1 saturated heterocycles. The molecule has 3 rings (SSSR count). The average Bonchev–Trinajstić information content (AvgIpc) is 2.66. The first kappa shape index (κ1) is 18.1. The molecule has 0 aliphatic carbocycles. The van der Waals surface area contributed by atoms with Crippen LogP contribution in [0.2, 0.25) is 0 Å². The number of aromatic nitrogens is 2. The summed E-state index contributed by atoms with van der Waals surface area (Å²) in [4.78, 5) is 29.6. The van der Waals surface area contributed by atoms with Crippen LogP contribution in [0, 0.1) is 12.8 Å². The minimum absolute atomic E-state index is 0.173. The third kappa shape index (κ3) is 4.11. The number of nitrogens with zero attached hydrogens (tertiary/aromatic N) is 2. The monoisotopic (exact) mass is 356 g/mol. The molecule has 2 N–H and O–H groups in total. The summed E-state index contributed by atoms with van der Waals surface area (Å²) in [6.07, 6.45) is 5.48. The molecule has 1 atom stereocenters. The van der Waals surface area contributed by atoms with E-state index in [0.717, 1.165) is 25.9 Å². The number of aryl methyl sites for hydroxylation is 1. The molecule has 26 heavy (non-hydrogen) atoms. The Morgan fingerprint density at radius 1 is 1.42 bits per heavy atom. The maximum absolute atomic E-state index is 12.8. The van der Waals surface area contributed by atoms with Crippen LogP contribution in [0.4, 0.5) is 5.69 Å². The van der Waals surface area contributed by atoms with E-state index in [-0.39, 0.29) is 11.1 Å². The molecule has 2 aromatic heterocycles. The number of nitrogens with one attached hydrogen (secondary N) is 2. The van der Waals surface area contributed by atoms with Crippen LogP contribution in [0.25, 0.3) is 0 Å². The van der Waals surface area contributed by atoms with E-state index in [1.807, 2.05) is 6.07 Å². The Labute approximate surface area is 152 Å². The quantitative estimate of drug-likeness (QED) is 0.853. The summed E-state index contributed by atoms with van der Waals surface area (Å²) in [6, 6.07) is 5.16. The molecule has 1 amide bonds. The lowest BCUT2D eigenvalue weighted by Crippen LogP contribution is -2.36. The Hall–Kier alpha value is -2.67. The van der Waals surface area contributed by atoms with E-state index in [4.69, 9.17) is 4.74 Å². The predicted molar refractivity (Wildman–Crippen MR) is 99.8 cm³/mol. The highest BCUT2D eigenvalue weighted by molar-refractivity contribution is 6.04. The second-order valence-electron chi connectivity index (χ2n) is 6.59. The topological polar surface area (TPSA) is 85.2 Å². The van der Waals surface area contributed by atoms with Crippen molar-refractivity contribution in [2.45, 2.75) is 26.3 Å². The summed E-state index contributed by atoms with van der Waals surface area (Å²) in [5.74, 6) is 0.448. The van der Waals surface area contributed by atoms with Gasteiger partial charge in [-0.2, -0.15) is 0 Å². The number of rotatable bonds is 5. The van der Waals surface area contributed by atoms with Crippen LogP contribution < -0.4 is 20.9 Å². The molecular formula is C19H24N4O3. The van der Waals surface area contributed by atoms with Gasteiger partial charge in [0.2, 0.25) is 5.88 Å². The summed E-state index contributed by atoms with van der Waals surface area (Å²) in [5, 5.41) is 6.09. The zero-order chi connectivity index (χ0) is 18.5. The van der Waals surface area contributed by atoms with Crippen LogP contribution in [0.1, 0.15) is 28.8 Å². The van der Waals surface area contributed by atoms with Crippen molar-refractivity contribution in [1.82, 2.24) is 14.9 Å².